The second-order valence-electron chi connectivity index (χ2n) is 5.07. The van der Waals surface area contributed by atoms with Gasteiger partial charge in [-0.1, -0.05) is 29.8 Å². The number of aromatic nitrogens is 2. The first kappa shape index (κ1) is 12.7. The Bertz CT molecular complexity index is 558. The zero-order valence-corrected chi connectivity index (χ0v) is 11.8. The summed E-state index contributed by atoms with van der Waals surface area (Å²) in [5, 5.41) is 4.34. The van der Waals surface area contributed by atoms with Crippen molar-refractivity contribution in [2.45, 2.75) is 31.8 Å². The van der Waals surface area contributed by atoms with Crippen LogP contribution in [-0.4, -0.2) is 16.1 Å². The van der Waals surface area contributed by atoms with Crippen LogP contribution in [0.4, 0.5) is 0 Å². The summed E-state index contributed by atoms with van der Waals surface area (Å²) >= 11 is 6.30. The van der Waals surface area contributed by atoms with Gasteiger partial charge in [-0.15, -0.1) is 0 Å². The molecule has 2 aromatic rings. The van der Waals surface area contributed by atoms with Gasteiger partial charge >= 0.3 is 0 Å². The summed E-state index contributed by atoms with van der Waals surface area (Å²) in [6.07, 6.45) is 6.29. The molecule has 1 fully saturated rings. The highest BCUT2D eigenvalue weighted by Gasteiger charge is 2.22. The van der Waals surface area contributed by atoms with Gasteiger partial charge in [0, 0.05) is 17.3 Å². The molecule has 1 saturated heterocycles. The number of rotatable bonds is 3. The zero-order valence-electron chi connectivity index (χ0n) is 11.0. The van der Waals surface area contributed by atoms with Gasteiger partial charge < -0.3 is 9.88 Å². The van der Waals surface area contributed by atoms with E-state index >= 15 is 0 Å². The van der Waals surface area contributed by atoms with Crippen molar-refractivity contribution >= 4 is 11.6 Å². The molecule has 4 heteroatoms. The van der Waals surface area contributed by atoms with Crippen LogP contribution >= 0.6 is 11.6 Å². The minimum atomic E-state index is 0.202. The van der Waals surface area contributed by atoms with Crippen LogP contribution in [0.3, 0.4) is 0 Å². The lowest BCUT2D eigenvalue weighted by molar-refractivity contribution is 0.538. The normalized spacial score (nSPS) is 20.6. The minimum absolute atomic E-state index is 0.202. The summed E-state index contributed by atoms with van der Waals surface area (Å²) in [7, 11) is 0. The van der Waals surface area contributed by atoms with Gasteiger partial charge in [-0.3, -0.25) is 0 Å². The Morgan fingerprint density at radius 1 is 1.42 bits per heavy atom. The van der Waals surface area contributed by atoms with Crippen molar-refractivity contribution in [3.8, 4) is 0 Å². The summed E-state index contributed by atoms with van der Waals surface area (Å²) in [6.45, 7) is 3.26. The summed E-state index contributed by atoms with van der Waals surface area (Å²) in [5.41, 5.74) is 2.39. The van der Waals surface area contributed by atoms with Gasteiger partial charge in [-0.05, 0) is 37.9 Å². The van der Waals surface area contributed by atoms with Gasteiger partial charge in [0.05, 0.1) is 18.1 Å². The average molecular weight is 276 g/mol. The van der Waals surface area contributed by atoms with E-state index in [0.717, 1.165) is 17.1 Å². The number of hydrogen-bond acceptors (Lipinski definition) is 2. The third kappa shape index (κ3) is 2.40. The van der Waals surface area contributed by atoms with E-state index in [1.807, 2.05) is 30.7 Å². The monoisotopic (exact) mass is 275 g/mol. The molecule has 1 aliphatic rings. The summed E-state index contributed by atoms with van der Waals surface area (Å²) in [5.74, 6) is 0. The van der Waals surface area contributed by atoms with Gasteiger partial charge in [0.25, 0.3) is 0 Å². The summed E-state index contributed by atoms with van der Waals surface area (Å²) < 4.78 is 2.23. The molecule has 0 aliphatic carbocycles. The van der Waals surface area contributed by atoms with Crippen molar-refractivity contribution in [2.75, 3.05) is 6.54 Å². The van der Waals surface area contributed by atoms with E-state index in [1.54, 1.807) is 0 Å². The standard InChI is InChI=1S/C15H18ClN3/c1-11(12-5-2-3-6-13(12)16)19-10-17-9-15(19)14-7-4-8-18-14/h2-3,5-6,9-11,14,18H,4,7-8H2,1H3. The zero-order chi connectivity index (χ0) is 13.2. The van der Waals surface area contributed by atoms with E-state index in [1.165, 1.54) is 18.5 Å². The first-order valence-corrected chi connectivity index (χ1v) is 7.14. The topological polar surface area (TPSA) is 29.9 Å². The van der Waals surface area contributed by atoms with Gasteiger partial charge in [0.15, 0.2) is 0 Å². The van der Waals surface area contributed by atoms with Crippen molar-refractivity contribution < 1.29 is 0 Å². The molecule has 2 heterocycles. The first-order valence-electron chi connectivity index (χ1n) is 6.77. The van der Waals surface area contributed by atoms with Crippen LogP contribution in [0, 0.1) is 0 Å². The third-order valence-corrected chi connectivity index (χ3v) is 4.23. The van der Waals surface area contributed by atoms with E-state index < -0.39 is 0 Å². The highest BCUT2D eigenvalue weighted by atomic mass is 35.5. The fourth-order valence-electron chi connectivity index (χ4n) is 2.81. The van der Waals surface area contributed by atoms with Gasteiger partial charge in [0.1, 0.15) is 0 Å². The smallest absolute Gasteiger partial charge is 0.0954 e. The molecule has 19 heavy (non-hydrogen) atoms. The van der Waals surface area contributed by atoms with Crippen molar-refractivity contribution in [1.82, 2.24) is 14.9 Å². The van der Waals surface area contributed by atoms with Crippen LogP contribution in [-0.2, 0) is 0 Å². The minimum Gasteiger partial charge on any atom is -0.326 e. The molecule has 0 radical (unpaired) electrons. The largest absolute Gasteiger partial charge is 0.326 e. The maximum atomic E-state index is 6.30. The number of nitrogens with one attached hydrogen (secondary N) is 1. The molecule has 3 nitrogen and oxygen atoms in total. The van der Waals surface area contributed by atoms with E-state index in [2.05, 4.69) is 27.9 Å². The SMILES string of the molecule is CC(c1ccccc1Cl)n1cncc1C1CCCN1. The lowest BCUT2D eigenvalue weighted by atomic mass is 10.1. The number of hydrogen-bond donors (Lipinski definition) is 1. The van der Waals surface area contributed by atoms with E-state index in [0.29, 0.717) is 6.04 Å². The van der Waals surface area contributed by atoms with Crippen LogP contribution in [0.1, 0.15) is 43.1 Å². The quantitative estimate of drug-likeness (QED) is 0.928. The van der Waals surface area contributed by atoms with Gasteiger partial charge in [-0.25, -0.2) is 4.98 Å². The molecule has 100 valence electrons. The molecule has 1 N–H and O–H groups in total. The number of halogens is 1. The fraction of sp³-hybridized carbons (Fsp3) is 0.400. The van der Waals surface area contributed by atoms with Crippen molar-refractivity contribution in [3.05, 3.63) is 53.1 Å². The Kier molecular flexibility index (Phi) is 3.58. The van der Waals surface area contributed by atoms with Crippen LogP contribution in [0.5, 0.6) is 0 Å². The Morgan fingerprint density at radius 2 is 2.26 bits per heavy atom. The van der Waals surface area contributed by atoms with E-state index in [4.69, 9.17) is 11.6 Å². The maximum Gasteiger partial charge on any atom is 0.0954 e. The second-order valence-corrected chi connectivity index (χ2v) is 5.48. The molecule has 1 aromatic carbocycles. The number of nitrogens with zero attached hydrogens (tertiary/aromatic N) is 2. The fourth-order valence-corrected chi connectivity index (χ4v) is 3.10. The first-order chi connectivity index (χ1) is 9.27. The molecule has 3 rings (SSSR count). The Balaban J connectivity index is 1.94. The Hall–Kier alpha value is -1.32. The van der Waals surface area contributed by atoms with Gasteiger partial charge in [0.2, 0.25) is 0 Å². The molecular formula is C15H18ClN3. The molecule has 0 amide bonds. The highest BCUT2D eigenvalue weighted by Crippen LogP contribution is 2.30. The van der Waals surface area contributed by atoms with Gasteiger partial charge in [-0.2, -0.15) is 0 Å². The van der Waals surface area contributed by atoms with E-state index in [9.17, 15) is 0 Å². The molecule has 0 spiro atoms. The lowest BCUT2D eigenvalue weighted by Crippen LogP contribution is -2.19. The van der Waals surface area contributed by atoms with Crippen molar-refractivity contribution in [1.29, 1.82) is 0 Å². The lowest BCUT2D eigenvalue weighted by Gasteiger charge is -2.21. The molecule has 1 aromatic heterocycles. The molecule has 0 saturated carbocycles. The highest BCUT2D eigenvalue weighted by molar-refractivity contribution is 6.31. The molecule has 2 atom stereocenters. The summed E-state index contributed by atoms with van der Waals surface area (Å²) in [6, 6.07) is 8.64. The predicted molar refractivity (Wildman–Crippen MR) is 77.5 cm³/mol. The molecule has 1 aliphatic heterocycles. The predicted octanol–water partition coefficient (Wildman–Crippen LogP) is 3.57. The van der Waals surface area contributed by atoms with E-state index in [-0.39, 0.29) is 6.04 Å². The third-order valence-electron chi connectivity index (χ3n) is 3.89. The van der Waals surface area contributed by atoms with Crippen LogP contribution < -0.4 is 5.32 Å². The Morgan fingerprint density at radius 3 is 3.00 bits per heavy atom. The number of imidazole rings is 1. The summed E-state index contributed by atoms with van der Waals surface area (Å²) in [4.78, 5) is 4.32. The molecule has 0 bridgehead atoms. The van der Waals surface area contributed by atoms with Crippen LogP contribution in [0.2, 0.25) is 5.02 Å². The molecule has 2 unspecified atom stereocenters. The average Bonchev–Trinajstić information content (AvgIpc) is 3.09. The van der Waals surface area contributed by atoms with Crippen molar-refractivity contribution in [3.63, 3.8) is 0 Å². The second kappa shape index (κ2) is 5.35. The number of benzene rings is 1. The van der Waals surface area contributed by atoms with Crippen LogP contribution in [0.15, 0.2) is 36.8 Å². The molecular weight excluding hydrogens is 258 g/mol. The maximum absolute atomic E-state index is 6.30. The Labute approximate surface area is 118 Å². The van der Waals surface area contributed by atoms with Crippen LogP contribution in [0.25, 0.3) is 0 Å². The van der Waals surface area contributed by atoms with Crippen molar-refractivity contribution in [2.24, 2.45) is 0 Å².